The van der Waals surface area contributed by atoms with Gasteiger partial charge in [0.2, 0.25) is 0 Å². The van der Waals surface area contributed by atoms with Crippen LogP contribution in [0.2, 0.25) is 0 Å². The molecule has 1 aromatic rings. The largest absolute Gasteiger partial charge is 0.493 e. The van der Waals surface area contributed by atoms with E-state index in [1.54, 1.807) is 14.2 Å². The number of hydrogen-bond donors (Lipinski definition) is 0. The third kappa shape index (κ3) is 3.06. The number of rotatable bonds is 3. The van der Waals surface area contributed by atoms with Crippen molar-refractivity contribution < 1.29 is 9.47 Å². The van der Waals surface area contributed by atoms with Gasteiger partial charge in [-0.2, -0.15) is 0 Å². The summed E-state index contributed by atoms with van der Waals surface area (Å²) in [5, 5.41) is 0. The van der Waals surface area contributed by atoms with Crippen LogP contribution >= 0.6 is 39.5 Å². The fourth-order valence-corrected chi connectivity index (χ4v) is 5.52. The Balaban J connectivity index is 2.32. The van der Waals surface area contributed by atoms with E-state index in [-0.39, 0.29) is 0 Å². The maximum Gasteiger partial charge on any atom is 0.161 e. The summed E-state index contributed by atoms with van der Waals surface area (Å²) in [6.07, 6.45) is 1.30. The highest BCUT2D eigenvalue weighted by atomic mass is 79.9. The molecule has 0 bridgehead atoms. The van der Waals surface area contributed by atoms with E-state index >= 15 is 0 Å². The topological polar surface area (TPSA) is 18.5 Å². The van der Waals surface area contributed by atoms with Gasteiger partial charge in [-0.3, -0.25) is 0 Å². The summed E-state index contributed by atoms with van der Waals surface area (Å²) in [7, 11) is 3.34. The molecule has 1 aromatic carbocycles. The molecule has 0 N–H and O–H groups in total. The molecule has 2 rings (SSSR count). The first-order valence-electron chi connectivity index (χ1n) is 5.41. The molecular formula is C12H15BrO2S2. The number of halogens is 1. The van der Waals surface area contributed by atoms with E-state index in [4.69, 9.17) is 9.47 Å². The molecule has 94 valence electrons. The Bertz CT molecular complexity index is 392. The number of methoxy groups -OCH3 is 2. The maximum absolute atomic E-state index is 5.36. The van der Waals surface area contributed by atoms with Crippen LogP contribution in [0.15, 0.2) is 16.6 Å². The second-order valence-corrected chi connectivity index (χ2v) is 7.23. The molecule has 1 fully saturated rings. The number of ether oxygens (including phenoxy) is 2. The lowest BCUT2D eigenvalue weighted by Gasteiger charge is -2.23. The van der Waals surface area contributed by atoms with E-state index in [9.17, 15) is 0 Å². The number of benzene rings is 1. The fraction of sp³-hybridized carbons (Fsp3) is 0.500. The van der Waals surface area contributed by atoms with Crippen LogP contribution < -0.4 is 9.47 Å². The van der Waals surface area contributed by atoms with Crippen molar-refractivity contribution in [2.45, 2.75) is 11.0 Å². The minimum atomic E-state index is 0.498. The highest BCUT2D eigenvalue weighted by Crippen LogP contribution is 2.48. The molecule has 0 aliphatic carbocycles. The summed E-state index contributed by atoms with van der Waals surface area (Å²) in [6.45, 7) is 0. The first-order valence-corrected chi connectivity index (χ1v) is 8.30. The van der Waals surface area contributed by atoms with Crippen molar-refractivity contribution in [3.8, 4) is 11.5 Å². The van der Waals surface area contributed by atoms with Crippen molar-refractivity contribution in [3.05, 3.63) is 22.2 Å². The van der Waals surface area contributed by atoms with E-state index in [0.717, 1.165) is 16.0 Å². The van der Waals surface area contributed by atoms with Crippen LogP contribution in [0.3, 0.4) is 0 Å². The van der Waals surface area contributed by atoms with Crippen LogP contribution in [0, 0.1) is 0 Å². The van der Waals surface area contributed by atoms with Crippen molar-refractivity contribution in [2.75, 3.05) is 25.7 Å². The fourth-order valence-electron chi connectivity index (χ4n) is 1.72. The molecule has 1 saturated heterocycles. The Hall–Kier alpha value is -0.000000000000000167. The minimum absolute atomic E-state index is 0.498. The minimum Gasteiger partial charge on any atom is -0.493 e. The van der Waals surface area contributed by atoms with E-state index in [0.29, 0.717) is 4.58 Å². The Labute approximate surface area is 119 Å². The molecule has 0 amide bonds. The zero-order chi connectivity index (χ0) is 12.3. The van der Waals surface area contributed by atoms with Gasteiger partial charge in [-0.25, -0.2) is 0 Å². The SMILES string of the molecule is COc1cc(Br)c(C2SCCCS2)cc1OC. The van der Waals surface area contributed by atoms with E-state index < -0.39 is 0 Å². The number of hydrogen-bond acceptors (Lipinski definition) is 4. The van der Waals surface area contributed by atoms with Gasteiger partial charge in [0.05, 0.1) is 18.8 Å². The van der Waals surface area contributed by atoms with Gasteiger partial charge in [0, 0.05) is 4.47 Å². The molecule has 17 heavy (non-hydrogen) atoms. The average molecular weight is 335 g/mol. The molecule has 0 atom stereocenters. The first-order chi connectivity index (χ1) is 8.26. The standard InChI is InChI=1S/C12H15BrO2S2/c1-14-10-6-8(9(13)7-11(10)15-2)12-16-4-3-5-17-12/h6-7,12H,3-5H2,1-2H3. The van der Waals surface area contributed by atoms with Crippen molar-refractivity contribution in [3.63, 3.8) is 0 Å². The first kappa shape index (κ1) is 13.4. The predicted octanol–water partition coefficient (Wildman–Crippen LogP) is 4.34. The zero-order valence-electron chi connectivity index (χ0n) is 9.86. The van der Waals surface area contributed by atoms with Crippen LogP contribution in [-0.2, 0) is 0 Å². The van der Waals surface area contributed by atoms with E-state index in [2.05, 4.69) is 22.0 Å². The van der Waals surface area contributed by atoms with Gasteiger partial charge in [0.15, 0.2) is 11.5 Å². The smallest absolute Gasteiger partial charge is 0.161 e. The molecule has 2 nitrogen and oxygen atoms in total. The van der Waals surface area contributed by atoms with Gasteiger partial charge < -0.3 is 9.47 Å². The Morgan fingerprint density at radius 3 is 2.29 bits per heavy atom. The van der Waals surface area contributed by atoms with Gasteiger partial charge in [0.25, 0.3) is 0 Å². The lowest BCUT2D eigenvalue weighted by Crippen LogP contribution is -2.02. The summed E-state index contributed by atoms with van der Waals surface area (Å²) in [5.41, 5.74) is 1.29. The van der Waals surface area contributed by atoms with Crippen LogP contribution in [0.5, 0.6) is 11.5 Å². The Morgan fingerprint density at radius 2 is 1.71 bits per heavy atom. The van der Waals surface area contributed by atoms with Crippen LogP contribution in [0.4, 0.5) is 0 Å². The molecule has 0 aromatic heterocycles. The molecule has 0 spiro atoms. The predicted molar refractivity (Wildman–Crippen MR) is 79.5 cm³/mol. The highest BCUT2D eigenvalue weighted by molar-refractivity contribution is 9.10. The monoisotopic (exact) mass is 334 g/mol. The molecular weight excluding hydrogens is 320 g/mol. The highest BCUT2D eigenvalue weighted by Gasteiger charge is 2.21. The van der Waals surface area contributed by atoms with Crippen molar-refractivity contribution in [1.29, 1.82) is 0 Å². The van der Waals surface area contributed by atoms with Crippen LogP contribution in [0.25, 0.3) is 0 Å². The van der Waals surface area contributed by atoms with E-state index in [1.807, 2.05) is 29.6 Å². The summed E-state index contributed by atoms with van der Waals surface area (Å²) >= 11 is 7.62. The Morgan fingerprint density at radius 1 is 1.12 bits per heavy atom. The summed E-state index contributed by atoms with van der Waals surface area (Å²) < 4.78 is 12.2. The summed E-state index contributed by atoms with van der Waals surface area (Å²) in [5.74, 6) is 4.04. The van der Waals surface area contributed by atoms with E-state index in [1.165, 1.54) is 23.5 Å². The van der Waals surface area contributed by atoms with Gasteiger partial charge in [-0.15, -0.1) is 23.5 Å². The molecule has 5 heteroatoms. The molecule has 1 aliphatic rings. The molecule has 1 aliphatic heterocycles. The van der Waals surface area contributed by atoms with Crippen LogP contribution in [-0.4, -0.2) is 25.7 Å². The second kappa shape index (κ2) is 6.25. The summed E-state index contributed by atoms with van der Waals surface area (Å²) in [4.78, 5) is 0. The second-order valence-electron chi connectivity index (χ2n) is 3.66. The third-order valence-corrected chi connectivity index (χ3v) is 6.25. The van der Waals surface area contributed by atoms with Gasteiger partial charge in [-0.05, 0) is 35.6 Å². The van der Waals surface area contributed by atoms with Gasteiger partial charge in [0.1, 0.15) is 0 Å². The molecule has 0 radical (unpaired) electrons. The van der Waals surface area contributed by atoms with Crippen molar-refractivity contribution in [2.24, 2.45) is 0 Å². The van der Waals surface area contributed by atoms with Gasteiger partial charge >= 0.3 is 0 Å². The average Bonchev–Trinajstić information content (AvgIpc) is 2.39. The van der Waals surface area contributed by atoms with Crippen LogP contribution in [0.1, 0.15) is 16.6 Å². The van der Waals surface area contributed by atoms with Crippen molar-refractivity contribution >= 4 is 39.5 Å². The van der Waals surface area contributed by atoms with Crippen molar-refractivity contribution in [1.82, 2.24) is 0 Å². The lowest BCUT2D eigenvalue weighted by molar-refractivity contribution is 0.354. The molecule has 1 heterocycles. The Kier molecular flexibility index (Phi) is 4.94. The zero-order valence-corrected chi connectivity index (χ0v) is 13.1. The quantitative estimate of drug-likeness (QED) is 0.818. The normalized spacial score (nSPS) is 16.9. The lowest BCUT2D eigenvalue weighted by atomic mass is 10.2. The number of thioether (sulfide) groups is 2. The maximum atomic E-state index is 5.36. The van der Waals surface area contributed by atoms with Gasteiger partial charge in [-0.1, -0.05) is 15.9 Å². The molecule has 0 saturated carbocycles. The molecule has 0 unspecified atom stereocenters. The third-order valence-electron chi connectivity index (χ3n) is 2.58. The summed E-state index contributed by atoms with van der Waals surface area (Å²) in [6, 6.07) is 4.07.